The molecule has 0 spiro atoms. The van der Waals surface area contributed by atoms with Gasteiger partial charge in [0.25, 0.3) is 15.0 Å². The van der Waals surface area contributed by atoms with Crippen LogP contribution in [0.1, 0.15) is 20.8 Å². The van der Waals surface area contributed by atoms with Gasteiger partial charge in [0.1, 0.15) is 5.75 Å². The average Bonchev–Trinajstić information content (AvgIpc) is 2.36. The van der Waals surface area contributed by atoms with E-state index in [0.717, 1.165) is 0 Å². The van der Waals surface area contributed by atoms with Crippen LogP contribution in [0.5, 0.6) is 5.75 Å². The molecule has 118 valence electrons. The van der Waals surface area contributed by atoms with Crippen molar-refractivity contribution in [3.8, 4) is 5.75 Å². The second kappa shape index (κ2) is 7.33. The maximum atomic E-state index is 11.8. The number of carbonyl (C=O) groups excluding carboxylic acids is 1. The highest BCUT2D eigenvalue weighted by Crippen LogP contribution is 2.29. The Morgan fingerprint density at radius 3 is 2.43 bits per heavy atom. The molecule has 0 aromatic heterocycles. The van der Waals surface area contributed by atoms with E-state index in [4.69, 9.17) is 27.0 Å². The number of hydrogen-bond acceptors (Lipinski definition) is 4. The highest BCUT2D eigenvalue weighted by molar-refractivity contribution is 8.13. The van der Waals surface area contributed by atoms with Gasteiger partial charge >= 0.3 is 0 Å². The monoisotopic (exact) mass is 353 g/mol. The number of rotatable bonds is 6. The Morgan fingerprint density at radius 1 is 1.33 bits per heavy atom. The lowest BCUT2D eigenvalue weighted by Crippen LogP contribution is -2.38. The fourth-order valence-electron chi connectivity index (χ4n) is 1.42. The van der Waals surface area contributed by atoms with Crippen LogP contribution < -0.4 is 10.1 Å². The summed E-state index contributed by atoms with van der Waals surface area (Å²) in [6.45, 7) is 6.09. The predicted octanol–water partition coefficient (Wildman–Crippen LogP) is 2.81. The van der Waals surface area contributed by atoms with Crippen molar-refractivity contribution in [1.29, 1.82) is 0 Å². The van der Waals surface area contributed by atoms with E-state index in [1.807, 2.05) is 13.8 Å². The Balaban J connectivity index is 2.77. The maximum Gasteiger partial charge on any atom is 0.261 e. The van der Waals surface area contributed by atoms with Crippen LogP contribution in [0.3, 0.4) is 0 Å². The van der Waals surface area contributed by atoms with E-state index in [0.29, 0.717) is 12.5 Å². The van der Waals surface area contributed by atoms with Crippen molar-refractivity contribution < 1.29 is 17.9 Å². The van der Waals surface area contributed by atoms with Crippen LogP contribution in [0.2, 0.25) is 5.02 Å². The molecule has 0 aliphatic carbocycles. The van der Waals surface area contributed by atoms with Crippen molar-refractivity contribution >= 4 is 37.2 Å². The molecule has 0 heterocycles. The first-order chi connectivity index (χ1) is 9.61. The summed E-state index contributed by atoms with van der Waals surface area (Å²) in [6, 6.07) is 3.81. The third-order valence-corrected chi connectivity index (χ3v) is 4.19. The normalized spacial score (nSPS) is 13.0. The van der Waals surface area contributed by atoms with Gasteiger partial charge in [-0.1, -0.05) is 25.4 Å². The van der Waals surface area contributed by atoms with Gasteiger partial charge in [0, 0.05) is 17.2 Å². The topological polar surface area (TPSA) is 72.5 Å². The van der Waals surface area contributed by atoms with Crippen molar-refractivity contribution in [2.24, 2.45) is 5.92 Å². The zero-order chi connectivity index (χ0) is 16.2. The fraction of sp³-hybridized carbons (Fsp3) is 0.462. The number of benzene rings is 1. The van der Waals surface area contributed by atoms with E-state index < -0.39 is 15.2 Å². The van der Waals surface area contributed by atoms with Crippen molar-refractivity contribution in [2.45, 2.75) is 31.8 Å². The Bertz CT molecular complexity index is 617. The third-order valence-electron chi connectivity index (χ3n) is 2.54. The number of hydrogen-bond donors (Lipinski definition) is 1. The number of nitrogens with one attached hydrogen (secondary N) is 1. The first kappa shape index (κ1) is 18.1. The number of halogens is 2. The van der Waals surface area contributed by atoms with Gasteiger partial charge in [-0.3, -0.25) is 4.79 Å². The number of carbonyl (C=O) groups is 1. The van der Waals surface area contributed by atoms with Crippen LogP contribution in [0.25, 0.3) is 0 Å². The van der Waals surface area contributed by atoms with E-state index in [9.17, 15) is 13.2 Å². The Morgan fingerprint density at radius 2 is 1.95 bits per heavy atom. The maximum absolute atomic E-state index is 11.8. The minimum absolute atomic E-state index is 0.0697. The predicted molar refractivity (Wildman–Crippen MR) is 82.4 cm³/mol. The minimum Gasteiger partial charge on any atom is -0.479 e. The van der Waals surface area contributed by atoms with Crippen molar-refractivity contribution in [3.63, 3.8) is 0 Å². The van der Waals surface area contributed by atoms with Crippen LogP contribution in [0.15, 0.2) is 23.1 Å². The van der Waals surface area contributed by atoms with Crippen molar-refractivity contribution in [1.82, 2.24) is 5.32 Å². The van der Waals surface area contributed by atoms with Crippen molar-refractivity contribution in [3.05, 3.63) is 23.2 Å². The zero-order valence-electron chi connectivity index (χ0n) is 11.9. The SMILES string of the molecule is CC(C)CNC(=O)C(C)Oc1ccc(S(=O)(=O)Cl)cc1Cl. The number of amides is 1. The summed E-state index contributed by atoms with van der Waals surface area (Å²) < 4.78 is 27.8. The molecule has 0 aliphatic heterocycles. The van der Waals surface area contributed by atoms with Crippen LogP contribution in [0, 0.1) is 5.92 Å². The lowest BCUT2D eigenvalue weighted by Gasteiger charge is -2.16. The largest absolute Gasteiger partial charge is 0.479 e. The Hall–Kier alpha value is -0.980. The van der Waals surface area contributed by atoms with Gasteiger partial charge < -0.3 is 10.1 Å². The summed E-state index contributed by atoms with van der Waals surface area (Å²) in [5.74, 6) is 0.277. The zero-order valence-corrected chi connectivity index (χ0v) is 14.2. The summed E-state index contributed by atoms with van der Waals surface area (Å²) >= 11 is 5.93. The second-order valence-electron chi connectivity index (χ2n) is 4.93. The first-order valence-electron chi connectivity index (χ1n) is 6.30. The lowest BCUT2D eigenvalue weighted by atomic mass is 10.2. The smallest absolute Gasteiger partial charge is 0.261 e. The molecule has 1 atom stereocenters. The summed E-state index contributed by atoms with van der Waals surface area (Å²) in [5, 5.41) is 2.80. The van der Waals surface area contributed by atoms with Gasteiger partial charge in [-0.15, -0.1) is 0 Å². The Labute approximate surface area is 134 Å². The highest BCUT2D eigenvalue weighted by Gasteiger charge is 2.18. The standard InChI is InChI=1S/C13H17Cl2NO4S/c1-8(2)7-16-13(17)9(3)20-12-5-4-10(6-11(12)14)21(15,18)19/h4-6,8-9H,7H2,1-3H3,(H,16,17). The molecule has 0 saturated carbocycles. The summed E-state index contributed by atoms with van der Waals surface area (Å²) in [4.78, 5) is 11.7. The molecule has 0 bridgehead atoms. The molecule has 0 radical (unpaired) electrons. The molecule has 5 nitrogen and oxygen atoms in total. The molecule has 0 saturated heterocycles. The van der Waals surface area contributed by atoms with E-state index in [-0.39, 0.29) is 21.6 Å². The quantitative estimate of drug-likeness (QED) is 0.798. The van der Waals surface area contributed by atoms with Crippen LogP contribution in [-0.4, -0.2) is 27.0 Å². The molecule has 1 unspecified atom stereocenters. The van der Waals surface area contributed by atoms with E-state index in [1.54, 1.807) is 6.92 Å². The van der Waals surface area contributed by atoms with Crippen molar-refractivity contribution in [2.75, 3.05) is 6.54 Å². The van der Waals surface area contributed by atoms with E-state index in [1.165, 1.54) is 18.2 Å². The van der Waals surface area contributed by atoms with Crippen LogP contribution >= 0.6 is 22.3 Å². The molecule has 0 aliphatic rings. The molecule has 21 heavy (non-hydrogen) atoms. The molecule has 8 heteroatoms. The number of ether oxygens (including phenoxy) is 1. The summed E-state index contributed by atoms with van der Waals surface area (Å²) in [5.41, 5.74) is 0. The minimum atomic E-state index is -3.85. The third kappa shape index (κ3) is 5.73. The average molecular weight is 354 g/mol. The fourth-order valence-corrected chi connectivity index (χ4v) is 2.49. The van der Waals surface area contributed by atoms with Crippen LogP contribution in [0.4, 0.5) is 0 Å². The van der Waals surface area contributed by atoms with Gasteiger partial charge in [0.15, 0.2) is 6.10 Å². The molecule has 1 aromatic rings. The van der Waals surface area contributed by atoms with Gasteiger partial charge in [-0.05, 0) is 31.0 Å². The highest BCUT2D eigenvalue weighted by atomic mass is 35.7. The van der Waals surface area contributed by atoms with Crippen LogP contribution in [-0.2, 0) is 13.8 Å². The van der Waals surface area contributed by atoms with Gasteiger partial charge in [-0.25, -0.2) is 8.42 Å². The van der Waals surface area contributed by atoms with E-state index >= 15 is 0 Å². The second-order valence-corrected chi connectivity index (χ2v) is 7.90. The molecule has 1 rings (SSSR count). The molecule has 1 N–H and O–H groups in total. The Kier molecular flexibility index (Phi) is 6.31. The molecule has 1 amide bonds. The van der Waals surface area contributed by atoms with E-state index in [2.05, 4.69) is 5.32 Å². The summed E-state index contributed by atoms with van der Waals surface area (Å²) in [6.07, 6.45) is -0.750. The van der Waals surface area contributed by atoms with Gasteiger partial charge in [0.05, 0.1) is 9.92 Å². The lowest BCUT2D eigenvalue weighted by molar-refractivity contribution is -0.127. The van der Waals surface area contributed by atoms with Gasteiger partial charge in [0.2, 0.25) is 0 Å². The van der Waals surface area contributed by atoms with Gasteiger partial charge in [-0.2, -0.15) is 0 Å². The molecular formula is C13H17Cl2NO4S. The summed E-state index contributed by atoms with van der Waals surface area (Å²) in [7, 11) is 1.37. The molecule has 0 fully saturated rings. The molecule has 1 aromatic carbocycles. The molecular weight excluding hydrogens is 337 g/mol. The first-order valence-corrected chi connectivity index (χ1v) is 8.98.